The molecule has 2 aromatic carbocycles. The molecule has 31 heavy (non-hydrogen) atoms. The number of aromatic nitrogens is 1. The average Bonchev–Trinajstić information content (AvgIpc) is 3.07. The summed E-state index contributed by atoms with van der Waals surface area (Å²) in [6, 6.07) is 16.0. The standard InChI is InChI=1S/C24H19ClN2O3S/c1-3-13-30-23(29)20-15(2)26-24-27(21(20)17-7-5-4-6-8-17)22(28)19(31-24)14-16-9-11-18(25)12-10-16/h3-12,14,21H,1,13H2,2H3/b19-14-/t21-/m0/s1. The van der Waals surface area contributed by atoms with Gasteiger partial charge in [-0.25, -0.2) is 9.79 Å². The first-order valence-corrected chi connectivity index (χ1v) is 10.8. The summed E-state index contributed by atoms with van der Waals surface area (Å²) in [5.74, 6) is -0.512. The number of nitrogens with zero attached hydrogens (tertiary/aromatic N) is 2. The zero-order valence-electron chi connectivity index (χ0n) is 16.7. The van der Waals surface area contributed by atoms with Gasteiger partial charge in [0.15, 0.2) is 4.80 Å². The third kappa shape index (κ3) is 4.17. The predicted octanol–water partition coefficient (Wildman–Crippen LogP) is 3.62. The molecule has 156 valence electrons. The van der Waals surface area contributed by atoms with E-state index in [9.17, 15) is 9.59 Å². The van der Waals surface area contributed by atoms with Crippen LogP contribution in [-0.4, -0.2) is 17.1 Å². The molecule has 1 atom stereocenters. The molecule has 0 amide bonds. The van der Waals surface area contributed by atoms with Crippen LogP contribution >= 0.6 is 22.9 Å². The monoisotopic (exact) mass is 450 g/mol. The molecule has 2 heterocycles. The first-order valence-electron chi connectivity index (χ1n) is 9.60. The summed E-state index contributed by atoms with van der Waals surface area (Å²) in [5, 5.41) is 0.626. The van der Waals surface area contributed by atoms with E-state index in [0.717, 1.165) is 11.1 Å². The molecule has 5 nitrogen and oxygen atoms in total. The molecule has 0 saturated heterocycles. The fourth-order valence-electron chi connectivity index (χ4n) is 3.46. The first-order chi connectivity index (χ1) is 15.0. The molecule has 0 aliphatic carbocycles. The lowest BCUT2D eigenvalue weighted by molar-refractivity contribution is -0.138. The second-order valence-corrected chi connectivity index (χ2v) is 8.38. The van der Waals surface area contributed by atoms with E-state index < -0.39 is 12.0 Å². The minimum atomic E-state index is -0.623. The highest BCUT2D eigenvalue weighted by Crippen LogP contribution is 2.30. The van der Waals surface area contributed by atoms with Crippen molar-refractivity contribution in [2.24, 2.45) is 4.99 Å². The van der Waals surface area contributed by atoms with E-state index in [1.165, 1.54) is 17.4 Å². The van der Waals surface area contributed by atoms with Crippen molar-refractivity contribution in [3.63, 3.8) is 0 Å². The average molecular weight is 451 g/mol. The number of halogens is 1. The molecule has 1 aliphatic heterocycles. The fraction of sp³-hybridized carbons (Fsp3) is 0.125. The number of hydrogen-bond acceptors (Lipinski definition) is 5. The molecule has 3 aromatic rings. The highest BCUT2D eigenvalue weighted by atomic mass is 35.5. The Balaban J connectivity index is 1.92. The van der Waals surface area contributed by atoms with Gasteiger partial charge in [0, 0.05) is 5.02 Å². The first kappa shape index (κ1) is 21.0. The molecule has 4 rings (SSSR count). The van der Waals surface area contributed by atoms with Gasteiger partial charge in [-0.15, -0.1) is 0 Å². The van der Waals surface area contributed by atoms with E-state index in [0.29, 0.717) is 25.6 Å². The lowest BCUT2D eigenvalue weighted by atomic mass is 9.96. The minimum absolute atomic E-state index is 0.0815. The molecule has 0 bridgehead atoms. The summed E-state index contributed by atoms with van der Waals surface area (Å²) >= 11 is 7.25. The van der Waals surface area contributed by atoms with Gasteiger partial charge in [0.2, 0.25) is 0 Å². The van der Waals surface area contributed by atoms with Crippen molar-refractivity contribution in [3.8, 4) is 0 Å². The van der Waals surface area contributed by atoms with E-state index in [4.69, 9.17) is 16.3 Å². The number of carbonyl (C=O) groups is 1. The van der Waals surface area contributed by atoms with Gasteiger partial charge in [0.25, 0.3) is 5.56 Å². The van der Waals surface area contributed by atoms with Crippen LogP contribution in [0.3, 0.4) is 0 Å². The molecular weight excluding hydrogens is 432 g/mol. The van der Waals surface area contributed by atoms with Crippen LogP contribution in [-0.2, 0) is 9.53 Å². The summed E-state index contributed by atoms with van der Waals surface area (Å²) in [4.78, 5) is 31.4. The van der Waals surface area contributed by atoms with E-state index in [-0.39, 0.29) is 12.2 Å². The second-order valence-electron chi connectivity index (χ2n) is 6.93. The smallest absolute Gasteiger partial charge is 0.338 e. The van der Waals surface area contributed by atoms with E-state index in [2.05, 4.69) is 11.6 Å². The molecule has 1 aliphatic rings. The minimum Gasteiger partial charge on any atom is -0.458 e. The molecule has 0 spiro atoms. The number of allylic oxidation sites excluding steroid dienone is 1. The molecule has 0 N–H and O–H groups in total. The Labute approximate surface area is 187 Å². The molecule has 0 radical (unpaired) electrons. The van der Waals surface area contributed by atoms with Gasteiger partial charge in [-0.1, -0.05) is 78.1 Å². The van der Waals surface area contributed by atoms with Gasteiger partial charge in [-0.2, -0.15) is 0 Å². The van der Waals surface area contributed by atoms with Gasteiger partial charge < -0.3 is 4.74 Å². The van der Waals surface area contributed by atoms with Crippen molar-refractivity contribution in [3.05, 3.63) is 114 Å². The van der Waals surface area contributed by atoms with Crippen molar-refractivity contribution in [2.75, 3.05) is 6.61 Å². The largest absolute Gasteiger partial charge is 0.458 e. The van der Waals surface area contributed by atoms with Gasteiger partial charge >= 0.3 is 5.97 Å². The Kier molecular flexibility index (Phi) is 6.02. The number of thiazole rings is 1. The van der Waals surface area contributed by atoms with E-state index in [1.54, 1.807) is 29.7 Å². The van der Waals surface area contributed by atoms with Crippen LogP contribution in [0, 0.1) is 0 Å². The Hall–Kier alpha value is -3.22. The summed E-state index contributed by atoms with van der Waals surface area (Å²) in [7, 11) is 0. The van der Waals surface area contributed by atoms with Crippen molar-refractivity contribution in [2.45, 2.75) is 13.0 Å². The lowest BCUT2D eigenvalue weighted by Crippen LogP contribution is -2.39. The van der Waals surface area contributed by atoms with Crippen LogP contribution in [0.1, 0.15) is 24.1 Å². The zero-order chi connectivity index (χ0) is 22.0. The summed E-state index contributed by atoms with van der Waals surface area (Å²) in [6.07, 6.45) is 3.31. The lowest BCUT2D eigenvalue weighted by Gasteiger charge is -2.24. The van der Waals surface area contributed by atoms with E-state index >= 15 is 0 Å². The number of benzene rings is 2. The summed E-state index contributed by atoms with van der Waals surface area (Å²) in [6.45, 7) is 5.43. The summed E-state index contributed by atoms with van der Waals surface area (Å²) < 4.78 is 7.41. The molecule has 7 heteroatoms. The maximum Gasteiger partial charge on any atom is 0.338 e. The molecular formula is C24H19ClN2O3S. The van der Waals surface area contributed by atoms with Crippen LogP contribution < -0.4 is 14.9 Å². The maximum atomic E-state index is 13.4. The van der Waals surface area contributed by atoms with Crippen molar-refractivity contribution in [1.29, 1.82) is 0 Å². The predicted molar refractivity (Wildman–Crippen MR) is 123 cm³/mol. The maximum absolute atomic E-state index is 13.4. The zero-order valence-corrected chi connectivity index (χ0v) is 18.3. The number of ether oxygens (including phenoxy) is 1. The van der Waals surface area contributed by atoms with Gasteiger partial charge in [0.1, 0.15) is 6.61 Å². The van der Waals surface area contributed by atoms with Crippen molar-refractivity contribution in [1.82, 2.24) is 4.57 Å². The SMILES string of the molecule is C=CCOC(=O)C1=C(C)N=c2s/c(=C\c3ccc(Cl)cc3)c(=O)n2[C@H]1c1ccccc1. The van der Waals surface area contributed by atoms with Crippen LogP contribution in [0.15, 0.2) is 88.3 Å². The Bertz CT molecular complexity index is 1350. The molecule has 1 aromatic heterocycles. The number of carbonyl (C=O) groups excluding carboxylic acids is 1. The third-order valence-corrected chi connectivity index (χ3v) is 6.09. The highest BCUT2D eigenvalue weighted by Gasteiger charge is 2.33. The Morgan fingerprint density at radius 1 is 1.23 bits per heavy atom. The van der Waals surface area contributed by atoms with Crippen LogP contribution in [0.2, 0.25) is 5.02 Å². The number of fused-ring (bicyclic) bond motifs is 1. The third-order valence-electron chi connectivity index (χ3n) is 4.86. The number of hydrogen-bond donors (Lipinski definition) is 0. The van der Waals surface area contributed by atoms with Crippen LogP contribution in [0.5, 0.6) is 0 Å². The Morgan fingerprint density at radius 3 is 2.61 bits per heavy atom. The van der Waals surface area contributed by atoms with Crippen molar-refractivity contribution < 1.29 is 9.53 Å². The fourth-order valence-corrected chi connectivity index (χ4v) is 4.63. The molecule has 0 unspecified atom stereocenters. The highest BCUT2D eigenvalue weighted by molar-refractivity contribution is 7.07. The number of rotatable bonds is 5. The molecule has 0 fully saturated rings. The summed E-state index contributed by atoms with van der Waals surface area (Å²) in [5.41, 5.74) is 2.32. The number of esters is 1. The normalized spacial score (nSPS) is 15.9. The Morgan fingerprint density at radius 2 is 1.94 bits per heavy atom. The quantitative estimate of drug-likeness (QED) is 0.440. The second kappa shape index (κ2) is 8.88. The van der Waals surface area contributed by atoms with Crippen LogP contribution in [0.4, 0.5) is 0 Å². The van der Waals surface area contributed by atoms with Crippen molar-refractivity contribution >= 4 is 35.0 Å². The van der Waals surface area contributed by atoms with Gasteiger partial charge in [-0.3, -0.25) is 9.36 Å². The van der Waals surface area contributed by atoms with Gasteiger partial charge in [0.05, 0.1) is 21.8 Å². The molecule has 0 saturated carbocycles. The topological polar surface area (TPSA) is 60.7 Å². The van der Waals surface area contributed by atoms with Gasteiger partial charge in [-0.05, 0) is 36.3 Å². The van der Waals surface area contributed by atoms with E-state index in [1.807, 2.05) is 42.5 Å². The van der Waals surface area contributed by atoms with Crippen LogP contribution in [0.25, 0.3) is 6.08 Å².